The monoisotopic (exact) mass is 310 g/mol. The first kappa shape index (κ1) is 14.8. The Morgan fingerprint density at radius 3 is 2.40 bits per heavy atom. The molecular formula is C14H15ClN2O2S. The molecule has 0 bridgehead atoms. The van der Waals surface area contributed by atoms with Crippen LogP contribution in [0.2, 0.25) is 5.02 Å². The predicted molar refractivity (Wildman–Crippen MR) is 80.5 cm³/mol. The van der Waals surface area contributed by atoms with Crippen LogP contribution in [-0.2, 0) is 16.4 Å². The zero-order chi connectivity index (χ0) is 14.6. The van der Waals surface area contributed by atoms with Crippen molar-refractivity contribution >= 4 is 27.4 Å². The number of nitrogens with zero attached hydrogens (tertiary/aromatic N) is 1. The third-order valence-corrected chi connectivity index (χ3v) is 4.33. The van der Waals surface area contributed by atoms with E-state index in [9.17, 15) is 8.42 Å². The van der Waals surface area contributed by atoms with Gasteiger partial charge in [-0.1, -0.05) is 37.1 Å². The first-order valence-electron chi connectivity index (χ1n) is 6.24. The van der Waals surface area contributed by atoms with E-state index in [4.69, 9.17) is 11.6 Å². The minimum absolute atomic E-state index is 0.217. The van der Waals surface area contributed by atoms with Crippen molar-refractivity contribution in [2.45, 2.75) is 24.7 Å². The molecule has 4 nitrogen and oxygen atoms in total. The molecule has 0 aliphatic rings. The van der Waals surface area contributed by atoms with Crippen LogP contribution in [0.5, 0.6) is 0 Å². The zero-order valence-corrected chi connectivity index (χ0v) is 12.6. The number of aromatic nitrogens is 1. The molecule has 2 aromatic rings. The fourth-order valence-corrected chi connectivity index (χ4v) is 2.88. The van der Waals surface area contributed by atoms with Gasteiger partial charge in [0.05, 0.1) is 9.92 Å². The summed E-state index contributed by atoms with van der Waals surface area (Å²) in [6.45, 7) is 2.08. The number of anilines is 1. The molecule has 2 rings (SSSR count). The molecule has 0 atom stereocenters. The zero-order valence-electron chi connectivity index (χ0n) is 11.0. The minimum Gasteiger partial charge on any atom is -0.263 e. The lowest BCUT2D eigenvalue weighted by Gasteiger charge is -2.08. The predicted octanol–water partition coefficient (Wildman–Crippen LogP) is 3.49. The molecule has 1 aromatic carbocycles. The number of aryl methyl sites for hydroxylation is 1. The van der Waals surface area contributed by atoms with Gasteiger partial charge in [-0.3, -0.25) is 4.72 Å². The van der Waals surface area contributed by atoms with Crippen LogP contribution < -0.4 is 4.72 Å². The van der Waals surface area contributed by atoms with Gasteiger partial charge in [0.2, 0.25) is 0 Å². The van der Waals surface area contributed by atoms with E-state index >= 15 is 0 Å². The average Bonchev–Trinajstić information content (AvgIpc) is 2.42. The Labute approximate surface area is 123 Å². The van der Waals surface area contributed by atoms with Gasteiger partial charge in [0.15, 0.2) is 0 Å². The third-order valence-electron chi connectivity index (χ3n) is 2.74. The molecule has 0 aliphatic heterocycles. The number of pyridine rings is 1. The molecule has 0 saturated heterocycles. The second kappa shape index (κ2) is 6.24. The molecule has 0 fully saturated rings. The van der Waals surface area contributed by atoms with Crippen molar-refractivity contribution < 1.29 is 8.42 Å². The highest BCUT2D eigenvalue weighted by atomic mass is 35.5. The van der Waals surface area contributed by atoms with Gasteiger partial charge in [-0.15, -0.1) is 0 Å². The Morgan fingerprint density at radius 2 is 1.85 bits per heavy atom. The van der Waals surface area contributed by atoms with Crippen molar-refractivity contribution in [1.29, 1.82) is 0 Å². The molecule has 1 N–H and O–H groups in total. The molecule has 0 spiro atoms. The highest BCUT2D eigenvalue weighted by molar-refractivity contribution is 7.92. The quantitative estimate of drug-likeness (QED) is 0.919. The standard InChI is InChI=1S/C14H15ClN2O2S/c1-2-3-11-4-7-13(8-5-11)20(18,19)17-14-9-6-12(15)10-16-14/h4-10H,2-3H2,1H3,(H,16,17). The summed E-state index contributed by atoms with van der Waals surface area (Å²) >= 11 is 5.71. The Balaban J connectivity index is 2.19. The van der Waals surface area contributed by atoms with Gasteiger partial charge in [0.25, 0.3) is 10.0 Å². The van der Waals surface area contributed by atoms with Crippen LogP contribution in [0.4, 0.5) is 5.82 Å². The molecule has 106 valence electrons. The number of benzene rings is 1. The van der Waals surface area contributed by atoms with Gasteiger partial charge in [0, 0.05) is 6.20 Å². The van der Waals surface area contributed by atoms with Crippen LogP contribution in [0, 0.1) is 0 Å². The van der Waals surface area contributed by atoms with E-state index in [1.54, 1.807) is 18.2 Å². The molecule has 0 saturated carbocycles. The van der Waals surface area contributed by atoms with Gasteiger partial charge in [-0.25, -0.2) is 13.4 Å². The molecular weight excluding hydrogens is 296 g/mol. The summed E-state index contributed by atoms with van der Waals surface area (Å²) in [4.78, 5) is 4.13. The summed E-state index contributed by atoms with van der Waals surface area (Å²) in [6, 6.07) is 9.95. The molecule has 0 aliphatic carbocycles. The van der Waals surface area contributed by atoms with E-state index < -0.39 is 10.0 Å². The summed E-state index contributed by atoms with van der Waals surface area (Å²) < 4.78 is 26.8. The minimum atomic E-state index is -3.61. The Morgan fingerprint density at radius 1 is 1.15 bits per heavy atom. The van der Waals surface area contributed by atoms with Crippen LogP contribution in [0.1, 0.15) is 18.9 Å². The second-order valence-electron chi connectivity index (χ2n) is 4.36. The second-order valence-corrected chi connectivity index (χ2v) is 6.48. The van der Waals surface area contributed by atoms with Crippen molar-refractivity contribution in [2.75, 3.05) is 4.72 Å². The Kier molecular flexibility index (Phi) is 4.62. The molecule has 6 heteroatoms. The van der Waals surface area contributed by atoms with Gasteiger partial charge < -0.3 is 0 Å². The molecule has 0 amide bonds. The van der Waals surface area contributed by atoms with Crippen molar-refractivity contribution in [1.82, 2.24) is 4.98 Å². The fourth-order valence-electron chi connectivity index (χ4n) is 1.76. The molecule has 1 heterocycles. The molecule has 0 radical (unpaired) electrons. The van der Waals surface area contributed by atoms with Gasteiger partial charge in [0.1, 0.15) is 5.82 Å². The van der Waals surface area contributed by atoms with E-state index in [-0.39, 0.29) is 10.7 Å². The van der Waals surface area contributed by atoms with E-state index in [2.05, 4.69) is 16.6 Å². The molecule has 20 heavy (non-hydrogen) atoms. The molecule has 0 unspecified atom stereocenters. The normalized spacial score (nSPS) is 11.3. The van der Waals surface area contributed by atoms with Gasteiger partial charge >= 0.3 is 0 Å². The molecule has 1 aromatic heterocycles. The van der Waals surface area contributed by atoms with Crippen LogP contribution in [0.3, 0.4) is 0 Å². The maximum absolute atomic E-state index is 12.2. The van der Waals surface area contributed by atoms with Crippen molar-refractivity contribution in [2.24, 2.45) is 0 Å². The number of sulfonamides is 1. The van der Waals surface area contributed by atoms with Gasteiger partial charge in [-0.05, 0) is 36.2 Å². The SMILES string of the molecule is CCCc1ccc(S(=O)(=O)Nc2ccc(Cl)cn2)cc1. The number of halogens is 1. The lowest BCUT2D eigenvalue weighted by atomic mass is 10.1. The Bertz CT molecular complexity index is 667. The van der Waals surface area contributed by atoms with E-state index in [0.29, 0.717) is 5.02 Å². The number of hydrogen-bond acceptors (Lipinski definition) is 3. The lowest BCUT2D eigenvalue weighted by molar-refractivity contribution is 0.601. The average molecular weight is 311 g/mol. The smallest absolute Gasteiger partial charge is 0.263 e. The Hall–Kier alpha value is -1.59. The number of nitrogens with one attached hydrogen (secondary N) is 1. The van der Waals surface area contributed by atoms with Crippen molar-refractivity contribution in [3.8, 4) is 0 Å². The van der Waals surface area contributed by atoms with Crippen LogP contribution >= 0.6 is 11.6 Å². The van der Waals surface area contributed by atoms with Gasteiger partial charge in [-0.2, -0.15) is 0 Å². The fraction of sp³-hybridized carbons (Fsp3) is 0.214. The van der Waals surface area contributed by atoms with Crippen molar-refractivity contribution in [3.63, 3.8) is 0 Å². The summed E-state index contributed by atoms with van der Waals surface area (Å²) in [5.41, 5.74) is 1.12. The van der Waals surface area contributed by atoms with E-state index in [0.717, 1.165) is 18.4 Å². The maximum atomic E-state index is 12.2. The van der Waals surface area contributed by atoms with E-state index in [1.165, 1.54) is 12.3 Å². The van der Waals surface area contributed by atoms with Crippen LogP contribution in [0.15, 0.2) is 47.5 Å². The topological polar surface area (TPSA) is 59.1 Å². The maximum Gasteiger partial charge on any atom is 0.263 e. The summed E-state index contributed by atoms with van der Waals surface area (Å²) in [5.74, 6) is 0.243. The number of rotatable bonds is 5. The van der Waals surface area contributed by atoms with Crippen molar-refractivity contribution in [3.05, 3.63) is 53.2 Å². The summed E-state index contributed by atoms with van der Waals surface area (Å²) in [5, 5.41) is 0.455. The third kappa shape index (κ3) is 3.71. The first-order chi connectivity index (χ1) is 9.51. The largest absolute Gasteiger partial charge is 0.263 e. The highest BCUT2D eigenvalue weighted by Crippen LogP contribution is 2.17. The van der Waals surface area contributed by atoms with Crippen LogP contribution in [0.25, 0.3) is 0 Å². The highest BCUT2D eigenvalue weighted by Gasteiger charge is 2.14. The van der Waals surface area contributed by atoms with Crippen LogP contribution in [-0.4, -0.2) is 13.4 Å². The summed E-state index contributed by atoms with van der Waals surface area (Å²) in [7, 11) is -3.61. The lowest BCUT2D eigenvalue weighted by Crippen LogP contribution is -2.13. The summed E-state index contributed by atoms with van der Waals surface area (Å²) in [6.07, 6.45) is 3.36. The first-order valence-corrected chi connectivity index (χ1v) is 8.10. The number of hydrogen-bond donors (Lipinski definition) is 1. The van der Waals surface area contributed by atoms with E-state index in [1.807, 2.05) is 12.1 Å².